The van der Waals surface area contributed by atoms with E-state index in [2.05, 4.69) is 20.3 Å². The summed E-state index contributed by atoms with van der Waals surface area (Å²) in [6, 6.07) is 5.60. The number of pyridine rings is 1. The van der Waals surface area contributed by atoms with E-state index in [1.165, 1.54) is 22.7 Å². The van der Waals surface area contributed by atoms with Crippen LogP contribution in [0.3, 0.4) is 0 Å². The highest BCUT2D eigenvalue weighted by Gasteiger charge is 2.14. The van der Waals surface area contributed by atoms with Crippen LogP contribution in [0.1, 0.15) is 23.1 Å². The van der Waals surface area contributed by atoms with Crippen LogP contribution in [0.4, 0.5) is 5.13 Å². The maximum Gasteiger partial charge on any atom is 0.357 e. The number of ether oxygens (including phenoxy) is 1. The maximum absolute atomic E-state index is 12.1. The molecule has 0 spiro atoms. The monoisotopic (exact) mass is 374 g/mol. The molecule has 3 rings (SSSR count). The summed E-state index contributed by atoms with van der Waals surface area (Å²) in [6.07, 6.45) is 1.82. The van der Waals surface area contributed by atoms with Gasteiger partial charge in [-0.1, -0.05) is 6.07 Å². The lowest BCUT2D eigenvalue weighted by Crippen LogP contribution is -2.15. The molecular formula is C16H14N4O3S2. The predicted octanol–water partition coefficient (Wildman–Crippen LogP) is 3.02. The fraction of sp³-hybridized carbons (Fsp3) is 0.188. The van der Waals surface area contributed by atoms with Gasteiger partial charge in [0.25, 0.3) is 0 Å². The van der Waals surface area contributed by atoms with Gasteiger partial charge in [-0.25, -0.2) is 14.8 Å². The number of rotatable bonds is 6. The first-order chi connectivity index (χ1) is 12.2. The summed E-state index contributed by atoms with van der Waals surface area (Å²) in [5.41, 5.74) is 1.62. The zero-order valence-electron chi connectivity index (χ0n) is 13.3. The average molecular weight is 374 g/mol. The van der Waals surface area contributed by atoms with Crippen molar-refractivity contribution in [1.82, 2.24) is 15.0 Å². The Labute approximate surface area is 151 Å². The molecule has 1 amide bonds. The van der Waals surface area contributed by atoms with Crippen LogP contribution >= 0.6 is 22.7 Å². The molecule has 3 aromatic rings. The molecular weight excluding hydrogens is 360 g/mol. The minimum atomic E-state index is -0.501. The number of thiazole rings is 2. The summed E-state index contributed by atoms with van der Waals surface area (Å²) in [6.45, 7) is 2.00. The third-order valence-corrected chi connectivity index (χ3v) is 4.68. The zero-order valence-corrected chi connectivity index (χ0v) is 14.9. The van der Waals surface area contributed by atoms with Gasteiger partial charge in [0, 0.05) is 17.0 Å². The van der Waals surface area contributed by atoms with Gasteiger partial charge in [0.2, 0.25) is 5.91 Å². The molecule has 0 aliphatic carbocycles. The van der Waals surface area contributed by atoms with Gasteiger partial charge in [0.15, 0.2) is 10.8 Å². The van der Waals surface area contributed by atoms with Crippen LogP contribution in [0.2, 0.25) is 0 Å². The van der Waals surface area contributed by atoms with E-state index in [9.17, 15) is 9.59 Å². The highest BCUT2D eigenvalue weighted by atomic mass is 32.1. The second kappa shape index (κ2) is 7.95. The summed E-state index contributed by atoms with van der Waals surface area (Å²) in [5.74, 6) is -0.749. The first-order valence-corrected chi connectivity index (χ1v) is 9.20. The van der Waals surface area contributed by atoms with E-state index in [0.29, 0.717) is 10.8 Å². The third kappa shape index (κ3) is 4.46. The molecule has 9 heteroatoms. The number of amides is 1. The molecule has 0 radical (unpaired) electrons. The maximum atomic E-state index is 12.1. The van der Waals surface area contributed by atoms with E-state index in [0.717, 1.165) is 10.7 Å². The van der Waals surface area contributed by atoms with E-state index in [1.54, 1.807) is 18.5 Å². The lowest BCUT2D eigenvalue weighted by molar-refractivity contribution is -0.115. The molecule has 0 atom stereocenters. The first-order valence-electron chi connectivity index (χ1n) is 7.44. The first kappa shape index (κ1) is 17.2. The Hall–Kier alpha value is -2.65. The zero-order chi connectivity index (χ0) is 17.6. The summed E-state index contributed by atoms with van der Waals surface area (Å²) >= 11 is 2.61. The van der Waals surface area contributed by atoms with Gasteiger partial charge in [-0.05, 0) is 19.1 Å². The Morgan fingerprint density at radius 2 is 2.08 bits per heavy atom. The lowest BCUT2D eigenvalue weighted by atomic mass is 10.3. The van der Waals surface area contributed by atoms with Crippen LogP contribution < -0.4 is 5.32 Å². The summed E-state index contributed by atoms with van der Waals surface area (Å²) in [4.78, 5) is 36.4. The highest BCUT2D eigenvalue weighted by molar-refractivity contribution is 7.14. The summed E-state index contributed by atoms with van der Waals surface area (Å²) in [7, 11) is 0. The molecule has 0 saturated heterocycles. The number of hydrogen-bond acceptors (Lipinski definition) is 8. The number of hydrogen-bond donors (Lipinski definition) is 1. The van der Waals surface area contributed by atoms with Crippen LogP contribution in [-0.2, 0) is 16.0 Å². The van der Waals surface area contributed by atoms with Gasteiger partial charge in [-0.3, -0.25) is 9.78 Å². The number of nitrogens with zero attached hydrogens (tertiary/aromatic N) is 3. The lowest BCUT2D eigenvalue weighted by Gasteiger charge is -1.99. The van der Waals surface area contributed by atoms with E-state index in [4.69, 9.17) is 4.74 Å². The van der Waals surface area contributed by atoms with Gasteiger partial charge in [-0.2, -0.15) is 0 Å². The summed E-state index contributed by atoms with van der Waals surface area (Å²) in [5, 5.41) is 7.17. The molecule has 0 aromatic carbocycles. The van der Waals surface area contributed by atoms with Crippen molar-refractivity contribution in [3.05, 3.63) is 46.5 Å². The number of carbonyl (C=O) groups excluding carboxylic acids is 2. The normalized spacial score (nSPS) is 10.4. The van der Waals surface area contributed by atoms with Crippen molar-refractivity contribution >= 4 is 39.7 Å². The molecule has 25 heavy (non-hydrogen) atoms. The van der Waals surface area contributed by atoms with Crippen molar-refractivity contribution in [2.75, 3.05) is 11.9 Å². The molecule has 0 fully saturated rings. The number of aromatic nitrogens is 3. The van der Waals surface area contributed by atoms with Crippen molar-refractivity contribution in [1.29, 1.82) is 0 Å². The van der Waals surface area contributed by atoms with Crippen molar-refractivity contribution in [2.24, 2.45) is 0 Å². The Balaban J connectivity index is 1.60. The molecule has 7 nitrogen and oxygen atoms in total. The van der Waals surface area contributed by atoms with Crippen molar-refractivity contribution in [2.45, 2.75) is 13.3 Å². The minimum absolute atomic E-state index is 0.123. The Kier molecular flexibility index (Phi) is 5.46. The Bertz CT molecular complexity index is 876. The highest BCUT2D eigenvalue weighted by Crippen LogP contribution is 2.22. The quantitative estimate of drug-likeness (QED) is 0.667. The van der Waals surface area contributed by atoms with Crippen molar-refractivity contribution < 1.29 is 14.3 Å². The van der Waals surface area contributed by atoms with Crippen molar-refractivity contribution in [3.8, 4) is 10.7 Å². The second-order valence-corrected chi connectivity index (χ2v) is 6.56. The Morgan fingerprint density at radius 1 is 1.20 bits per heavy atom. The number of carbonyl (C=O) groups is 2. The topological polar surface area (TPSA) is 94.1 Å². The van der Waals surface area contributed by atoms with Crippen LogP contribution in [0.15, 0.2) is 35.2 Å². The van der Waals surface area contributed by atoms with Crippen molar-refractivity contribution in [3.63, 3.8) is 0 Å². The fourth-order valence-corrected chi connectivity index (χ4v) is 3.44. The SMILES string of the molecule is CCOC(=O)c1csc(NC(=O)Cc2csc(-c3ccccn3)n2)n1. The van der Waals surface area contributed by atoms with Crippen LogP contribution in [0, 0.1) is 0 Å². The molecule has 0 unspecified atom stereocenters. The van der Waals surface area contributed by atoms with Crippen LogP contribution in [-0.4, -0.2) is 33.4 Å². The third-order valence-electron chi connectivity index (χ3n) is 3.01. The van der Waals surface area contributed by atoms with Crippen LogP contribution in [0.25, 0.3) is 10.7 Å². The van der Waals surface area contributed by atoms with E-state index >= 15 is 0 Å². The molecule has 1 N–H and O–H groups in total. The molecule has 0 aliphatic heterocycles. The Morgan fingerprint density at radius 3 is 2.84 bits per heavy atom. The minimum Gasteiger partial charge on any atom is -0.461 e. The molecule has 128 valence electrons. The second-order valence-electron chi connectivity index (χ2n) is 4.84. The van der Waals surface area contributed by atoms with E-state index in [-0.39, 0.29) is 24.6 Å². The molecule has 0 aliphatic rings. The predicted molar refractivity (Wildman–Crippen MR) is 95.7 cm³/mol. The molecule has 0 bridgehead atoms. The van der Waals surface area contributed by atoms with E-state index < -0.39 is 5.97 Å². The number of esters is 1. The van der Waals surface area contributed by atoms with Gasteiger partial charge in [0.05, 0.1) is 24.4 Å². The average Bonchev–Trinajstić information content (AvgIpc) is 3.25. The van der Waals surface area contributed by atoms with Gasteiger partial charge < -0.3 is 10.1 Å². The van der Waals surface area contributed by atoms with Gasteiger partial charge in [0.1, 0.15) is 5.01 Å². The number of anilines is 1. The fourth-order valence-electron chi connectivity index (χ4n) is 1.95. The molecule has 3 heterocycles. The van der Waals surface area contributed by atoms with Crippen LogP contribution in [0.5, 0.6) is 0 Å². The largest absolute Gasteiger partial charge is 0.461 e. The van der Waals surface area contributed by atoms with Gasteiger partial charge in [-0.15, -0.1) is 22.7 Å². The molecule has 0 saturated carbocycles. The van der Waals surface area contributed by atoms with E-state index in [1.807, 2.05) is 23.6 Å². The molecule has 3 aromatic heterocycles. The number of nitrogens with one attached hydrogen (secondary N) is 1. The standard InChI is InChI=1S/C16H14N4O3S2/c1-2-23-15(22)12-9-25-16(19-12)20-13(21)7-10-8-24-14(18-10)11-5-3-4-6-17-11/h3-6,8-9H,2,7H2,1H3,(H,19,20,21). The smallest absolute Gasteiger partial charge is 0.357 e. The summed E-state index contributed by atoms with van der Waals surface area (Å²) < 4.78 is 4.86. The van der Waals surface area contributed by atoms with Gasteiger partial charge >= 0.3 is 5.97 Å².